The number of aromatic amines is 1. The maximum Gasteiger partial charge on any atom is 0.253 e. The minimum atomic E-state index is 0.000167. The highest BCUT2D eigenvalue weighted by Crippen LogP contribution is 2.27. The molecule has 1 saturated heterocycles. The van der Waals surface area contributed by atoms with Gasteiger partial charge in [-0.3, -0.25) is 14.7 Å². The van der Waals surface area contributed by atoms with Crippen molar-refractivity contribution < 1.29 is 19.1 Å². The lowest BCUT2D eigenvalue weighted by atomic mass is 9.98. The first kappa shape index (κ1) is 16.4. The van der Waals surface area contributed by atoms with Crippen molar-refractivity contribution in [2.75, 3.05) is 39.5 Å². The summed E-state index contributed by atoms with van der Waals surface area (Å²) in [4.78, 5) is 21.1. The van der Waals surface area contributed by atoms with E-state index in [1.807, 2.05) is 18.5 Å². The zero-order chi connectivity index (χ0) is 17.1. The number of ether oxygens (including phenoxy) is 2. The van der Waals surface area contributed by atoms with Crippen molar-refractivity contribution in [2.24, 2.45) is 0 Å². The van der Waals surface area contributed by atoms with Crippen LogP contribution >= 0.6 is 0 Å². The quantitative estimate of drug-likeness (QED) is 0.840. The summed E-state index contributed by atoms with van der Waals surface area (Å²) in [5.74, 6) is 0.000167. The Labute approximate surface area is 146 Å². The summed E-state index contributed by atoms with van der Waals surface area (Å²) in [6, 6.07) is 0. The molecule has 0 saturated carbocycles. The van der Waals surface area contributed by atoms with E-state index in [4.69, 9.17) is 14.3 Å². The first-order chi connectivity index (χ1) is 12.3. The highest BCUT2D eigenvalue weighted by Gasteiger charge is 2.24. The van der Waals surface area contributed by atoms with E-state index in [0.717, 1.165) is 35.2 Å². The second-order valence-corrected chi connectivity index (χ2v) is 6.33. The molecule has 25 heavy (non-hydrogen) atoms. The molecule has 1 fully saturated rings. The van der Waals surface area contributed by atoms with Gasteiger partial charge in [-0.2, -0.15) is 0 Å². The molecular weight excluding hydrogens is 322 g/mol. The molecule has 1 unspecified atom stereocenters. The van der Waals surface area contributed by atoms with Crippen LogP contribution in [0.4, 0.5) is 0 Å². The van der Waals surface area contributed by atoms with E-state index >= 15 is 0 Å². The lowest BCUT2D eigenvalue weighted by Crippen LogP contribution is -2.32. The number of hydroxylamine groups is 2. The minimum Gasteiger partial charge on any atom is -0.376 e. The van der Waals surface area contributed by atoms with E-state index in [1.54, 1.807) is 5.06 Å². The topological polar surface area (TPSA) is 75.8 Å². The largest absolute Gasteiger partial charge is 0.376 e. The average Bonchev–Trinajstić information content (AvgIpc) is 3.09. The third-order valence-corrected chi connectivity index (χ3v) is 4.65. The van der Waals surface area contributed by atoms with Gasteiger partial charge in [-0.1, -0.05) is 6.08 Å². The first-order valence-electron chi connectivity index (χ1n) is 8.77. The molecule has 0 bridgehead atoms. The molecule has 7 heteroatoms. The summed E-state index contributed by atoms with van der Waals surface area (Å²) in [6.07, 6.45) is 9.67. The Hall–Kier alpha value is -2.09. The number of allylic oxidation sites excluding steroid dienone is 2. The number of hydrogen-bond acceptors (Lipinski definition) is 5. The summed E-state index contributed by atoms with van der Waals surface area (Å²) < 4.78 is 11.0. The zero-order valence-corrected chi connectivity index (χ0v) is 14.1. The normalized spacial score (nSPS) is 23.2. The fourth-order valence-electron chi connectivity index (χ4n) is 3.32. The summed E-state index contributed by atoms with van der Waals surface area (Å²) in [5, 5.41) is 4.70. The Morgan fingerprint density at radius 1 is 1.36 bits per heavy atom. The van der Waals surface area contributed by atoms with Crippen molar-refractivity contribution in [2.45, 2.75) is 18.9 Å². The number of H-pyrrole nitrogens is 1. The smallest absolute Gasteiger partial charge is 0.253 e. The number of aromatic nitrogens is 1. The van der Waals surface area contributed by atoms with Crippen molar-refractivity contribution in [1.29, 1.82) is 0 Å². The SMILES string of the molecule is O=C1NCCc2[nH]cc(C3=CCN(OCCC4COCCO4)C=C3)c21. The van der Waals surface area contributed by atoms with E-state index < -0.39 is 0 Å². The molecule has 1 amide bonds. The average molecular weight is 345 g/mol. The van der Waals surface area contributed by atoms with Gasteiger partial charge in [-0.15, -0.1) is 0 Å². The van der Waals surface area contributed by atoms with Gasteiger partial charge < -0.3 is 19.8 Å². The van der Waals surface area contributed by atoms with Crippen LogP contribution in [-0.2, 0) is 20.7 Å². The van der Waals surface area contributed by atoms with Crippen molar-refractivity contribution in [1.82, 2.24) is 15.4 Å². The number of hydrogen-bond donors (Lipinski definition) is 2. The molecule has 0 aliphatic carbocycles. The van der Waals surface area contributed by atoms with Gasteiger partial charge >= 0.3 is 0 Å². The van der Waals surface area contributed by atoms with Gasteiger partial charge in [-0.25, -0.2) is 0 Å². The zero-order valence-electron chi connectivity index (χ0n) is 14.1. The Kier molecular flexibility index (Phi) is 4.87. The minimum absolute atomic E-state index is 0.000167. The molecule has 134 valence electrons. The van der Waals surface area contributed by atoms with Crippen LogP contribution in [0, 0.1) is 0 Å². The van der Waals surface area contributed by atoms with Crippen LogP contribution in [0.1, 0.15) is 28.0 Å². The molecule has 0 radical (unpaired) electrons. The van der Waals surface area contributed by atoms with Crippen molar-refractivity contribution in [3.8, 4) is 0 Å². The number of nitrogens with one attached hydrogen (secondary N) is 2. The van der Waals surface area contributed by atoms with Crippen molar-refractivity contribution >= 4 is 11.5 Å². The molecule has 2 N–H and O–H groups in total. The van der Waals surface area contributed by atoms with Gasteiger partial charge in [0, 0.05) is 43.0 Å². The Balaban J connectivity index is 1.31. The number of carbonyl (C=O) groups excluding carboxylic acids is 1. The number of rotatable bonds is 5. The molecule has 0 aromatic carbocycles. The van der Waals surface area contributed by atoms with Crippen molar-refractivity contribution in [3.05, 3.63) is 41.4 Å². The number of fused-ring (bicyclic) bond motifs is 1. The van der Waals surface area contributed by atoms with Crippen LogP contribution in [0.15, 0.2) is 24.5 Å². The first-order valence-corrected chi connectivity index (χ1v) is 8.77. The lowest BCUT2D eigenvalue weighted by Gasteiger charge is -2.25. The Morgan fingerprint density at radius 3 is 3.12 bits per heavy atom. The molecule has 1 aromatic rings. The fraction of sp³-hybridized carbons (Fsp3) is 0.500. The summed E-state index contributed by atoms with van der Waals surface area (Å²) in [5.41, 5.74) is 3.78. The highest BCUT2D eigenvalue weighted by molar-refractivity contribution is 6.02. The molecule has 0 spiro atoms. The van der Waals surface area contributed by atoms with Crippen LogP contribution in [-0.4, -0.2) is 61.6 Å². The molecule has 4 rings (SSSR count). The number of amides is 1. The van der Waals surface area contributed by atoms with E-state index in [1.165, 1.54) is 0 Å². The van der Waals surface area contributed by atoms with Gasteiger partial charge in [0.15, 0.2) is 0 Å². The highest BCUT2D eigenvalue weighted by atomic mass is 16.7. The van der Waals surface area contributed by atoms with Gasteiger partial charge in [0.25, 0.3) is 5.91 Å². The summed E-state index contributed by atoms with van der Waals surface area (Å²) >= 11 is 0. The van der Waals surface area contributed by atoms with E-state index in [2.05, 4.69) is 16.4 Å². The second kappa shape index (κ2) is 7.43. The molecular formula is C18H23N3O4. The predicted octanol–water partition coefficient (Wildman–Crippen LogP) is 1.25. The third kappa shape index (κ3) is 3.63. The number of nitrogens with zero attached hydrogens (tertiary/aromatic N) is 1. The molecule has 4 heterocycles. The summed E-state index contributed by atoms with van der Waals surface area (Å²) in [6.45, 7) is 3.91. The van der Waals surface area contributed by atoms with Crippen LogP contribution in [0.3, 0.4) is 0 Å². The molecule has 1 aromatic heterocycles. The van der Waals surface area contributed by atoms with Crippen molar-refractivity contribution in [3.63, 3.8) is 0 Å². The van der Waals surface area contributed by atoms with Gasteiger partial charge in [0.05, 0.1) is 44.6 Å². The maximum absolute atomic E-state index is 12.1. The van der Waals surface area contributed by atoms with Crippen LogP contribution in [0.5, 0.6) is 0 Å². The Bertz CT molecular complexity index is 688. The van der Waals surface area contributed by atoms with Gasteiger partial charge in [0.1, 0.15) is 0 Å². The molecule has 1 atom stereocenters. The van der Waals surface area contributed by atoms with E-state index in [9.17, 15) is 4.79 Å². The lowest BCUT2D eigenvalue weighted by molar-refractivity contribution is -0.141. The summed E-state index contributed by atoms with van der Waals surface area (Å²) in [7, 11) is 0. The molecule has 3 aliphatic heterocycles. The second-order valence-electron chi connectivity index (χ2n) is 6.33. The third-order valence-electron chi connectivity index (χ3n) is 4.65. The van der Waals surface area contributed by atoms with Crippen LogP contribution in [0.2, 0.25) is 0 Å². The fourth-order valence-corrected chi connectivity index (χ4v) is 3.32. The number of carbonyl (C=O) groups is 1. The molecule has 3 aliphatic rings. The predicted molar refractivity (Wildman–Crippen MR) is 91.8 cm³/mol. The van der Waals surface area contributed by atoms with Crippen LogP contribution in [0.25, 0.3) is 5.57 Å². The standard InChI is InChI=1S/C18H23N3O4/c22-18-17-15(11-20-16(17)1-5-19-18)13-2-6-21(7-3-13)25-8-4-14-12-23-9-10-24-14/h2-3,6,11,14,20H,1,4-5,7-10,12H2,(H,19,22). The monoisotopic (exact) mass is 345 g/mol. The molecule has 7 nitrogen and oxygen atoms in total. The van der Waals surface area contributed by atoms with Gasteiger partial charge in [0.2, 0.25) is 0 Å². The van der Waals surface area contributed by atoms with E-state index in [0.29, 0.717) is 39.5 Å². The van der Waals surface area contributed by atoms with E-state index in [-0.39, 0.29) is 12.0 Å². The van der Waals surface area contributed by atoms with Gasteiger partial charge in [-0.05, 0) is 11.6 Å². The Morgan fingerprint density at radius 2 is 2.32 bits per heavy atom. The maximum atomic E-state index is 12.1. The van der Waals surface area contributed by atoms with Crippen LogP contribution < -0.4 is 5.32 Å².